The van der Waals surface area contributed by atoms with Crippen LogP contribution < -0.4 is 11.2 Å². The monoisotopic (exact) mass is 435 g/mol. The first-order chi connectivity index (χ1) is 16.1. The Balaban J connectivity index is 1.68. The van der Waals surface area contributed by atoms with Crippen molar-refractivity contribution in [3.63, 3.8) is 0 Å². The van der Waals surface area contributed by atoms with Gasteiger partial charge < -0.3 is 4.42 Å². The van der Waals surface area contributed by atoms with Crippen LogP contribution in [0.5, 0.6) is 0 Å². The van der Waals surface area contributed by atoms with Crippen molar-refractivity contribution in [1.82, 2.24) is 29.4 Å². The summed E-state index contributed by atoms with van der Waals surface area (Å²) >= 11 is 0. The van der Waals surface area contributed by atoms with Gasteiger partial charge in [-0.25, -0.2) is 19.6 Å². The summed E-state index contributed by atoms with van der Waals surface area (Å²) < 4.78 is 8.44. The molecule has 0 aliphatic heterocycles. The van der Waals surface area contributed by atoms with Crippen molar-refractivity contribution in [2.75, 3.05) is 0 Å². The lowest BCUT2D eigenvalue weighted by Crippen LogP contribution is -2.27. The number of furan rings is 1. The molecule has 0 amide bonds. The second kappa shape index (κ2) is 6.93. The number of rotatable bonds is 3. The summed E-state index contributed by atoms with van der Waals surface area (Å²) in [7, 11) is 0. The van der Waals surface area contributed by atoms with Crippen molar-refractivity contribution in [3.05, 3.63) is 93.3 Å². The van der Waals surface area contributed by atoms with Crippen molar-refractivity contribution in [2.45, 2.75) is 0 Å². The van der Waals surface area contributed by atoms with Crippen LogP contribution in [0, 0.1) is 11.3 Å². The average molecular weight is 435 g/mol. The average Bonchev–Trinajstić information content (AvgIpc) is 3.56. The first kappa shape index (κ1) is 18.6. The fourth-order valence-electron chi connectivity index (χ4n) is 3.80. The minimum atomic E-state index is -0.775. The number of nitriles is 1. The molecule has 0 bridgehead atoms. The molecule has 0 fully saturated rings. The lowest BCUT2D eigenvalue weighted by Gasteiger charge is -2.02. The number of aromatic amines is 2. The zero-order chi connectivity index (χ0) is 22.5. The van der Waals surface area contributed by atoms with Gasteiger partial charge in [0.15, 0.2) is 5.76 Å². The molecule has 0 radical (unpaired) electrons. The van der Waals surface area contributed by atoms with Crippen LogP contribution in [0.4, 0.5) is 0 Å². The minimum absolute atomic E-state index is 0.0120. The Kier molecular flexibility index (Phi) is 3.90. The van der Waals surface area contributed by atoms with Gasteiger partial charge >= 0.3 is 5.69 Å². The van der Waals surface area contributed by atoms with E-state index in [-0.39, 0.29) is 17.0 Å². The zero-order valence-corrected chi connectivity index (χ0v) is 16.8. The fraction of sp³-hybridized carbons (Fsp3) is 0. The van der Waals surface area contributed by atoms with E-state index in [4.69, 9.17) is 9.52 Å². The van der Waals surface area contributed by atoms with Gasteiger partial charge in [0.2, 0.25) is 5.78 Å². The van der Waals surface area contributed by atoms with E-state index in [0.717, 1.165) is 15.5 Å². The van der Waals surface area contributed by atoms with Crippen molar-refractivity contribution < 1.29 is 4.42 Å². The second-order valence-electron chi connectivity index (χ2n) is 7.29. The highest BCUT2D eigenvalue weighted by atomic mass is 16.3. The Morgan fingerprint density at radius 3 is 2.55 bits per heavy atom. The third-order valence-electron chi connectivity index (χ3n) is 5.33. The number of aromatic nitrogens is 6. The quantitative estimate of drug-likeness (QED) is 0.438. The van der Waals surface area contributed by atoms with Crippen molar-refractivity contribution in [1.29, 1.82) is 5.26 Å². The van der Waals surface area contributed by atoms with E-state index in [1.807, 2.05) is 66.7 Å². The number of benzene rings is 2. The maximum Gasteiger partial charge on any atom is 0.350 e. The molecule has 6 aromatic rings. The highest BCUT2D eigenvalue weighted by Crippen LogP contribution is 2.35. The van der Waals surface area contributed by atoms with E-state index >= 15 is 0 Å². The molecule has 2 aromatic carbocycles. The fourth-order valence-corrected chi connectivity index (χ4v) is 3.80. The topological polar surface area (TPSA) is 138 Å². The van der Waals surface area contributed by atoms with Crippen molar-refractivity contribution in [2.24, 2.45) is 0 Å². The highest BCUT2D eigenvalue weighted by molar-refractivity contribution is 5.87. The van der Waals surface area contributed by atoms with Gasteiger partial charge in [-0.3, -0.25) is 9.89 Å². The second-order valence-corrected chi connectivity index (χ2v) is 7.29. The van der Waals surface area contributed by atoms with Crippen LogP contribution >= 0.6 is 0 Å². The summed E-state index contributed by atoms with van der Waals surface area (Å²) in [5, 5.41) is 20.2. The van der Waals surface area contributed by atoms with Gasteiger partial charge in [0.05, 0.1) is 11.3 Å². The molecule has 0 spiro atoms. The zero-order valence-electron chi connectivity index (χ0n) is 16.8. The molecule has 4 aromatic heterocycles. The van der Waals surface area contributed by atoms with Crippen LogP contribution in [0.3, 0.4) is 0 Å². The van der Waals surface area contributed by atoms with Gasteiger partial charge in [0, 0.05) is 11.6 Å². The molecule has 158 valence electrons. The molecule has 0 saturated carbocycles. The number of hydrogen-bond donors (Lipinski definition) is 2. The smallest absolute Gasteiger partial charge is 0.350 e. The summed E-state index contributed by atoms with van der Waals surface area (Å²) in [6.45, 7) is 0. The standard InChI is InChI=1S/C23H13N7O3/c24-11-15-19(25-22-26-27-23(32)30(22)21(15)31)16-12-29(14-7-2-1-3-8-14)28-20(16)18-10-13-6-4-5-9-17(13)33-18/h1-10,12H,(H,25,26)(H,27,32). The molecule has 0 saturated heterocycles. The summed E-state index contributed by atoms with van der Waals surface area (Å²) in [6.07, 6.45) is 1.68. The van der Waals surface area contributed by atoms with Crippen LogP contribution in [0.25, 0.3) is 45.1 Å². The van der Waals surface area contributed by atoms with Gasteiger partial charge in [0.1, 0.15) is 28.6 Å². The summed E-state index contributed by atoms with van der Waals surface area (Å²) in [6, 6.07) is 20.6. The number of H-pyrrole nitrogens is 2. The van der Waals surface area contributed by atoms with Gasteiger partial charge in [-0.1, -0.05) is 36.4 Å². The summed E-state index contributed by atoms with van der Waals surface area (Å²) in [5.74, 6) is 0.441. The van der Waals surface area contributed by atoms with Gasteiger partial charge in [0.25, 0.3) is 5.56 Å². The Morgan fingerprint density at radius 2 is 1.76 bits per heavy atom. The summed E-state index contributed by atoms with van der Waals surface area (Å²) in [5.41, 5.74) is 0.597. The molecule has 2 N–H and O–H groups in total. The molecule has 6 rings (SSSR count). The third kappa shape index (κ3) is 2.80. The normalized spacial score (nSPS) is 11.2. The molecule has 0 aliphatic rings. The van der Waals surface area contributed by atoms with Gasteiger partial charge in [-0.15, -0.1) is 0 Å². The predicted molar refractivity (Wildman–Crippen MR) is 119 cm³/mol. The van der Waals surface area contributed by atoms with E-state index in [0.29, 0.717) is 22.6 Å². The lowest BCUT2D eigenvalue weighted by molar-refractivity contribution is 0.627. The lowest BCUT2D eigenvalue weighted by atomic mass is 10.1. The van der Waals surface area contributed by atoms with Crippen LogP contribution in [0.1, 0.15) is 5.56 Å². The Hall–Kier alpha value is -5.17. The van der Waals surface area contributed by atoms with E-state index < -0.39 is 11.2 Å². The van der Waals surface area contributed by atoms with Crippen molar-refractivity contribution >= 4 is 16.7 Å². The molecule has 0 atom stereocenters. The third-order valence-corrected chi connectivity index (χ3v) is 5.33. The first-order valence-corrected chi connectivity index (χ1v) is 9.92. The molecular weight excluding hydrogens is 422 g/mol. The number of para-hydroxylation sites is 2. The maximum absolute atomic E-state index is 12.9. The molecule has 4 heterocycles. The minimum Gasteiger partial charge on any atom is -0.454 e. The largest absolute Gasteiger partial charge is 0.454 e. The van der Waals surface area contributed by atoms with E-state index in [9.17, 15) is 14.9 Å². The Labute approximate surface area is 184 Å². The van der Waals surface area contributed by atoms with Crippen LogP contribution in [0.2, 0.25) is 0 Å². The number of fused-ring (bicyclic) bond motifs is 2. The summed E-state index contributed by atoms with van der Waals surface area (Å²) in [4.78, 5) is 29.3. The molecule has 10 heteroatoms. The predicted octanol–water partition coefficient (Wildman–Crippen LogP) is 2.85. The number of nitrogens with zero attached hydrogens (tertiary/aromatic N) is 5. The highest BCUT2D eigenvalue weighted by Gasteiger charge is 2.24. The van der Waals surface area contributed by atoms with E-state index in [2.05, 4.69) is 15.2 Å². The number of hydrogen-bond acceptors (Lipinski definition) is 6. The van der Waals surface area contributed by atoms with Gasteiger partial charge in [-0.2, -0.15) is 14.8 Å². The molecule has 33 heavy (non-hydrogen) atoms. The Bertz CT molecular complexity index is 1790. The molecule has 0 unspecified atom stereocenters. The SMILES string of the molecule is N#Cc1c(-c2cn(-c3ccccc3)nc2-c2cc3ccccc3o2)nc2[nH][nH]c(=O)n2c1=O. The number of nitrogens with one attached hydrogen (secondary N) is 2. The van der Waals surface area contributed by atoms with Crippen molar-refractivity contribution in [3.8, 4) is 34.5 Å². The van der Waals surface area contributed by atoms with Crippen LogP contribution in [-0.4, -0.2) is 29.4 Å². The van der Waals surface area contributed by atoms with E-state index in [1.165, 1.54) is 0 Å². The maximum atomic E-state index is 12.9. The van der Waals surface area contributed by atoms with Gasteiger partial charge in [-0.05, 0) is 24.3 Å². The first-order valence-electron chi connectivity index (χ1n) is 9.92. The van der Waals surface area contributed by atoms with E-state index in [1.54, 1.807) is 10.9 Å². The molecular formula is C23H13N7O3. The Morgan fingerprint density at radius 1 is 0.970 bits per heavy atom. The molecule has 0 aliphatic carbocycles. The van der Waals surface area contributed by atoms with Crippen LogP contribution in [0.15, 0.2) is 80.9 Å². The molecule has 10 nitrogen and oxygen atoms in total. The van der Waals surface area contributed by atoms with Crippen LogP contribution in [-0.2, 0) is 0 Å².